The molecule has 0 atom stereocenters. The smallest absolute Gasteiger partial charge is 0.153 e. The average molecular weight is 348 g/mol. The Morgan fingerprint density at radius 2 is 1.40 bits per heavy atom. The Morgan fingerprint density at radius 1 is 0.880 bits per heavy atom. The first-order valence-electron chi connectivity index (χ1n) is 10.2. The molecule has 0 heterocycles. The third kappa shape index (κ3) is 9.52. The summed E-state index contributed by atoms with van der Waals surface area (Å²) >= 11 is 0. The topological polar surface area (TPSA) is 40.5 Å². The lowest BCUT2D eigenvalue weighted by atomic mass is 10.1. The molecular formula is C22H37NO2. The molecule has 1 rings (SSSR count). The molecule has 142 valence electrons. The third-order valence-electron chi connectivity index (χ3n) is 4.93. The number of rotatable bonds is 15. The fourth-order valence-corrected chi connectivity index (χ4v) is 3.19. The van der Waals surface area contributed by atoms with E-state index in [9.17, 15) is 9.90 Å². The zero-order valence-corrected chi connectivity index (χ0v) is 16.3. The molecule has 3 heteroatoms. The molecule has 0 unspecified atom stereocenters. The number of carbonyl (C=O) groups is 1. The van der Waals surface area contributed by atoms with Crippen molar-refractivity contribution in [1.29, 1.82) is 0 Å². The number of phenolic OH excluding ortho intramolecular Hbond substituents is 1. The maximum Gasteiger partial charge on any atom is 0.153 e. The molecular weight excluding hydrogens is 310 g/mol. The van der Waals surface area contributed by atoms with Crippen molar-refractivity contribution in [3.05, 3.63) is 23.8 Å². The minimum atomic E-state index is 0.0639. The molecule has 1 N–H and O–H groups in total. The van der Waals surface area contributed by atoms with Crippen LogP contribution < -0.4 is 4.90 Å². The van der Waals surface area contributed by atoms with Crippen molar-refractivity contribution in [3.8, 4) is 5.75 Å². The molecule has 0 amide bonds. The standard InChI is InChI=1S/C22H37NO2/c1-3-4-5-6-7-8-9-10-11-12-13-14-17-23(2)21-16-15-20(19-24)22(25)18-21/h15-16,18-19,25H,3-14,17H2,1-2H3. The molecule has 25 heavy (non-hydrogen) atoms. The van der Waals surface area contributed by atoms with E-state index in [4.69, 9.17) is 0 Å². The molecule has 0 saturated carbocycles. The number of nitrogens with zero attached hydrogens (tertiary/aromatic N) is 1. The lowest BCUT2D eigenvalue weighted by Crippen LogP contribution is -2.18. The Balaban J connectivity index is 2.00. The van der Waals surface area contributed by atoms with Gasteiger partial charge < -0.3 is 10.0 Å². The first kappa shape index (κ1) is 21.5. The van der Waals surface area contributed by atoms with Crippen molar-refractivity contribution in [2.45, 2.75) is 84.0 Å². The maximum absolute atomic E-state index is 10.7. The van der Waals surface area contributed by atoms with E-state index in [0.29, 0.717) is 11.8 Å². The fraction of sp³-hybridized carbons (Fsp3) is 0.682. The molecule has 1 aromatic carbocycles. The van der Waals surface area contributed by atoms with Crippen LogP contribution >= 0.6 is 0 Å². The number of anilines is 1. The first-order chi connectivity index (χ1) is 12.2. The number of benzene rings is 1. The lowest BCUT2D eigenvalue weighted by Gasteiger charge is -2.19. The van der Waals surface area contributed by atoms with Gasteiger partial charge in [0.1, 0.15) is 5.75 Å². The molecule has 1 aromatic rings. The fourth-order valence-electron chi connectivity index (χ4n) is 3.19. The van der Waals surface area contributed by atoms with Gasteiger partial charge in [0.25, 0.3) is 0 Å². The van der Waals surface area contributed by atoms with Crippen LogP contribution in [-0.2, 0) is 0 Å². The van der Waals surface area contributed by atoms with Gasteiger partial charge in [0, 0.05) is 25.3 Å². The number of unbranched alkanes of at least 4 members (excludes halogenated alkanes) is 11. The zero-order valence-electron chi connectivity index (χ0n) is 16.3. The highest BCUT2D eigenvalue weighted by molar-refractivity contribution is 5.80. The van der Waals surface area contributed by atoms with Gasteiger partial charge in [-0.3, -0.25) is 4.79 Å². The molecule has 0 aromatic heterocycles. The molecule has 0 fully saturated rings. The normalized spacial score (nSPS) is 10.8. The molecule has 0 aliphatic carbocycles. The first-order valence-corrected chi connectivity index (χ1v) is 10.2. The zero-order chi connectivity index (χ0) is 18.3. The lowest BCUT2D eigenvalue weighted by molar-refractivity contribution is 0.112. The molecule has 0 saturated heterocycles. The van der Waals surface area contributed by atoms with Gasteiger partial charge in [0.05, 0.1) is 5.56 Å². The molecule has 0 aliphatic heterocycles. The van der Waals surface area contributed by atoms with E-state index in [1.807, 2.05) is 13.1 Å². The second-order valence-corrected chi connectivity index (χ2v) is 7.17. The predicted octanol–water partition coefficient (Wildman–Crippen LogP) is 6.34. The summed E-state index contributed by atoms with van der Waals surface area (Å²) in [5.74, 6) is 0.0639. The van der Waals surface area contributed by atoms with Crippen molar-refractivity contribution in [3.63, 3.8) is 0 Å². The molecule has 0 aliphatic rings. The van der Waals surface area contributed by atoms with Gasteiger partial charge in [-0.15, -0.1) is 0 Å². The van der Waals surface area contributed by atoms with Crippen LogP contribution in [0.3, 0.4) is 0 Å². The minimum Gasteiger partial charge on any atom is -0.507 e. The van der Waals surface area contributed by atoms with E-state index < -0.39 is 0 Å². The summed E-state index contributed by atoms with van der Waals surface area (Å²) in [6.07, 6.45) is 17.0. The van der Waals surface area contributed by atoms with Crippen molar-refractivity contribution in [2.24, 2.45) is 0 Å². The Bertz CT molecular complexity index is 473. The van der Waals surface area contributed by atoms with Crippen molar-refractivity contribution < 1.29 is 9.90 Å². The Kier molecular flexibility index (Phi) is 11.8. The van der Waals surface area contributed by atoms with Crippen molar-refractivity contribution in [2.75, 3.05) is 18.5 Å². The number of carbonyl (C=O) groups excluding carboxylic acids is 1. The highest BCUT2D eigenvalue weighted by atomic mass is 16.3. The van der Waals surface area contributed by atoms with Crippen LogP contribution in [0.25, 0.3) is 0 Å². The van der Waals surface area contributed by atoms with Crippen molar-refractivity contribution >= 4 is 12.0 Å². The van der Waals surface area contributed by atoms with Crippen LogP contribution in [0.2, 0.25) is 0 Å². The Labute approximate surface area is 154 Å². The predicted molar refractivity (Wildman–Crippen MR) is 108 cm³/mol. The van der Waals surface area contributed by atoms with E-state index >= 15 is 0 Å². The van der Waals surface area contributed by atoms with Crippen molar-refractivity contribution in [1.82, 2.24) is 0 Å². The molecule has 0 bridgehead atoms. The third-order valence-corrected chi connectivity index (χ3v) is 4.93. The summed E-state index contributed by atoms with van der Waals surface area (Å²) in [6, 6.07) is 5.24. The molecule has 0 spiro atoms. The van der Waals surface area contributed by atoms with Gasteiger partial charge in [-0.2, -0.15) is 0 Å². The Morgan fingerprint density at radius 3 is 1.88 bits per heavy atom. The van der Waals surface area contributed by atoms with Gasteiger partial charge >= 0.3 is 0 Å². The number of aldehydes is 1. The summed E-state index contributed by atoms with van der Waals surface area (Å²) in [5, 5.41) is 9.76. The van der Waals surface area contributed by atoms with E-state index in [0.717, 1.165) is 12.2 Å². The number of phenols is 1. The second kappa shape index (κ2) is 13.7. The highest BCUT2D eigenvalue weighted by Crippen LogP contribution is 2.23. The number of hydrogen-bond acceptors (Lipinski definition) is 3. The van der Waals surface area contributed by atoms with Gasteiger partial charge in [0.2, 0.25) is 0 Å². The van der Waals surface area contributed by atoms with Crippen LogP contribution in [0, 0.1) is 0 Å². The van der Waals surface area contributed by atoms with Gasteiger partial charge in [0.15, 0.2) is 6.29 Å². The summed E-state index contributed by atoms with van der Waals surface area (Å²) < 4.78 is 0. The number of aromatic hydroxyl groups is 1. The highest BCUT2D eigenvalue weighted by Gasteiger charge is 2.05. The van der Waals surface area contributed by atoms with E-state index in [1.54, 1.807) is 12.1 Å². The largest absolute Gasteiger partial charge is 0.507 e. The summed E-state index contributed by atoms with van der Waals surface area (Å²) in [6.45, 7) is 3.25. The van der Waals surface area contributed by atoms with Gasteiger partial charge in [-0.25, -0.2) is 0 Å². The van der Waals surface area contributed by atoms with E-state index in [-0.39, 0.29) is 5.75 Å². The van der Waals surface area contributed by atoms with Crippen LogP contribution in [0.4, 0.5) is 5.69 Å². The minimum absolute atomic E-state index is 0.0639. The summed E-state index contributed by atoms with van der Waals surface area (Å²) in [7, 11) is 2.04. The van der Waals surface area contributed by atoms with Crippen LogP contribution in [0.5, 0.6) is 5.75 Å². The SMILES string of the molecule is CCCCCCCCCCCCCCN(C)c1ccc(C=O)c(O)c1. The quantitative estimate of drug-likeness (QED) is 0.297. The molecule has 0 radical (unpaired) electrons. The van der Waals surface area contributed by atoms with E-state index in [2.05, 4.69) is 11.8 Å². The summed E-state index contributed by atoms with van der Waals surface area (Å²) in [5.41, 5.74) is 1.31. The maximum atomic E-state index is 10.7. The molecule has 3 nitrogen and oxygen atoms in total. The average Bonchev–Trinajstić information content (AvgIpc) is 2.62. The monoisotopic (exact) mass is 347 g/mol. The Hall–Kier alpha value is -1.51. The van der Waals surface area contributed by atoms with E-state index in [1.165, 1.54) is 77.0 Å². The summed E-state index contributed by atoms with van der Waals surface area (Å²) in [4.78, 5) is 12.9. The van der Waals surface area contributed by atoms with Crippen LogP contribution in [0.1, 0.15) is 94.3 Å². The number of hydrogen-bond donors (Lipinski definition) is 1. The van der Waals surface area contributed by atoms with Gasteiger partial charge in [-0.1, -0.05) is 77.6 Å². The van der Waals surface area contributed by atoms with Gasteiger partial charge in [-0.05, 0) is 18.6 Å². The van der Waals surface area contributed by atoms with Crippen LogP contribution in [0.15, 0.2) is 18.2 Å². The second-order valence-electron chi connectivity index (χ2n) is 7.17. The van der Waals surface area contributed by atoms with Crippen LogP contribution in [-0.4, -0.2) is 25.0 Å².